The van der Waals surface area contributed by atoms with E-state index < -0.39 is 5.92 Å². The van der Waals surface area contributed by atoms with E-state index in [-0.39, 0.29) is 11.8 Å². The number of esters is 1. The van der Waals surface area contributed by atoms with Gasteiger partial charge in [0.2, 0.25) is 0 Å². The molecule has 0 fully saturated rings. The summed E-state index contributed by atoms with van der Waals surface area (Å²) in [5, 5.41) is 6.95. The second-order valence-corrected chi connectivity index (χ2v) is 3.78. The highest BCUT2D eigenvalue weighted by molar-refractivity contribution is 5.78. The summed E-state index contributed by atoms with van der Waals surface area (Å²) in [5.41, 5.74) is 5.78. The predicted molar refractivity (Wildman–Crippen MR) is 52.9 cm³/mol. The van der Waals surface area contributed by atoms with Gasteiger partial charge < -0.3 is 10.5 Å². The Morgan fingerprint density at radius 3 is 2.60 bits per heavy atom. The molecule has 84 valence electrons. The number of anilines is 1. The summed E-state index contributed by atoms with van der Waals surface area (Å²) in [6, 6.07) is 0. The third-order valence-corrected chi connectivity index (χ3v) is 1.86. The quantitative estimate of drug-likeness (QED) is 0.749. The van der Waals surface area contributed by atoms with Crippen LogP contribution in [0.5, 0.6) is 0 Å². The molecule has 1 aromatic rings. The average Bonchev–Trinajstić information content (AvgIpc) is 2.59. The van der Waals surface area contributed by atoms with Gasteiger partial charge >= 0.3 is 5.97 Å². The van der Waals surface area contributed by atoms with Gasteiger partial charge in [-0.1, -0.05) is 19.0 Å². The maximum absolute atomic E-state index is 11.5. The first-order chi connectivity index (χ1) is 7.02. The zero-order valence-electron chi connectivity index (χ0n) is 9.06. The molecule has 15 heavy (non-hydrogen) atoms. The van der Waals surface area contributed by atoms with Crippen molar-refractivity contribution in [1.82, 2.24) is 10.3 Å². The minimum absolute atomic E-state index is 0.129. The number of nitrogens with two attached hydrogens (primary N) is 1. The highest BCUT2D eigenvalue weighted by Gasteiger charge is 2.23. The number of carbonyl (C=O) groups is 1. The normalized spacial score (nSPS) is 12.8. The summed E-state index contributed by atoms with van der Waals surface area (Å²) in [4.78, 5) is 11.5. The highest BCUT2D eigenvalue weighted by atomic mass is 16.6. The third kappa shape index (κ3) is 2.93. The molecule has 2 N–H and O–H groups in total. The largest absolute Gasteiger partial charge is 0.465 e. The summed E-state index contributed by atoms with van der Waals surface area (Å²) in [7, 11) is 0. The van der Waals surface area contributed by atoms with Crippen molar-refractivity contribution in [3.63, 3.8) is 0 Å². The van der Waals surface area contributed by atoms with Gasteiger partial charge in [-0.25, -0.2) is 4.63 Å². The van der Waals surface area contributed by atoms with Crippen LogP contribution in [0.25, 0.3) is 0 Å². The molecule has 6 nitrogen and oxygen atoms in total. The average molecular weight is 213 g/mol. The Morgan fingerprint density at radius 1 is 1.47 bits per heavy atom. The summed E-state index contributed by atoms with van der Waals surface area (Å²) in [6.07, 6.45) is 0. The lowest BCUT2D eigenvalue weighted by Gasteiger charge is -2.10. The maximum Gasteiger partial charge on any atom is 0.315 e. The maximum atomic E-state index is 11.5. The van der Waals surface area contributed by atoms with E-state index in [1.165, 1.54) is 0 Å². The molecule has 0 saturated heterocycles. The van der Waals surface area contributed by atoms with Crippen LogP contribution in [0.2, 0.25) is 0 Å². The van der Waals surface area contributed by atoms with E-state index in [4.69, 9.17) is 10.5 Å². The van der Waals surface area contributed by atoms with E-state index in [1.807, 2.05) is 13.8 Å². The molecule has 0 aromatic carbocycles. The standard InChI is InChI=1S/C9H15N3O3/c1-5(2)4-14-9(13)6(3)7-8(10)12-15-11-7/h5-6H,4H2,1-3H3,(H2,10,12). The molecule has 0 bridgehead atoms. The zero-order chi connectivity index (χ0) is 11.4. The lowest BCUT2D eigenvalue weighted by atomic mass is 10.1. The predicted octanol–water partition coefficient (Wildman–Crippen LogP) is 0.954. The minimum atomic E-state index is -0.546. The number of rotatable bonds is 4. The Bertz CT molecular complexity index is 335. The van der Waals surface area contributed by atoms with Crippen molar-refractivity contribution in [2.24, 2.45) is 5.92 Å². The lowest BCUT2D eigenvalue weighted by molar-refractivity contribution is -0.146. The lowest BCUT2D eigenvalue weighted by Crippen LogP contribution is -2.17. The van der Waals surface area contributed by atoms with Gasteiger partial charge in [0.05, 0.1) is 6.61 Å². The van der Waals surface area contributed by atoms with Crippen molar-refractivity contribution in [2.45, 2.75) is 26.7 Å². The fraction of sp³-hybridized carbons (Fsp3) is 0.667. The summed E-state index contributed by atoms with van der Waals surface area (Å²) in [6.45, 7) is 5.96. The molecular weight excluding hydrogens is 198 g/mol. The van der Waals surface area contributed by atoms with E-state index in [0.717, 1.165) is 0 Å². The molecule has 0 saturated carbocycles. The van der Waals surface area contributed by atoms with Crippen LogP contribution in [0.15, 0.2) is 4.63 Å². The molecule has 0 aliphatic rings. The SMILES string of the molecule is CC(C)COC(=O)C(C)c1nonc1N. The van der Waals surface area contributed by atoms with Gasteiger partial charge in [0, 0.05) is 0 Å². The van der Waals surface area contributed by atoms with Crippen LogP contribution in [-0.4, -0.2) is 22.9 Å². The first-order valence-electron chi connectivity index (χ1n) is 4.77. The van der Waals surface area contributed by atoms with Crippen molar-refractivity contribution >= 4 is 11.8 Å². The van der Waals surface area contributed by atoms with E-state index in [9.17, 15) is 4.79 Å². The molecule has 0 aliphatic heterocycles. The number of nitrogen functional groups attached to an aromatic ring is 1. The second-order valence-electron chi connectivity index (χ2n) is 3.78. The molecular formula is C9H15N3O3. The molecule has 0 aliphatic carbocycles. The fourth-order valence-corrected chi connectivity index (χ4v) is 0.988. The Hall–Kier alpha value is -1.59. The van der Waals surface area contributed by atoms with Gasteiger partial charge in [0.1, 0.15) is 11.6 Å². The third-order valence-electron chi connectivity index (χ3n) is 1.86. The van der Waals surface area contributed by atoms with Crippen molar-refractivity contribution in [3.05, 3.63) is 5.69 Å². The molecule has 1 unspecified atom stereocenters. The Morgan fingerprint density at radius 2 is 2.13 bits per heavy atom. The number of carbonyl (C=O) groups excluding carboxylic acids is 1. The number of hydrogen-bond donors (Lipinski definition) is 1. The number of hydrogen-bond acceptors (Lipinski definition) is 6. The van der Waals surface area contributed by atoms with E-state index in [0.29, 0.717) is 18.2 Å². The van der Waals surface area contributed by atoms with Gasteiger partial charge in [-0.05, 0) is 18.0 Å². The van der Waals surface area contributed by atoms with Crippen LogP contribution < -0.4 is 5.73 Å². The molecule has 1 atom stereocenters. The van der Waals surface area contributed by atoms with Crippen molar-refractivity contribution in [3.8, 4) is 0 Å². The van der Waals surface area contributed by atoms with Gasteiger partial charge in [0.15, 0.2) is 5.82 Å². The van der Waals surface area contributed by atoms with Crippen molar-refractivity contribution < 1.29 is 14.2 Å². The van der Waals surface area contributed by atoms with E-state index in [2.05, 4.69) is 14.9 Å². The summed E-state index contributed by atoms with van der Waals surface area (Å²) < 4.78 is 9.45. The smallest absolute Gasteiger partial charge is 0.315 e. The van der Waals surface area contributed by atoms with Crippen LogP contribution in [0.4, 0.5) is 5.82 Å². The Balaban J connectivity index is 2.57. The molecule has 0 radical (unpaired) electrons. The van der Waals surface area contributed by atoms with Crippen molar-refractivity contribution in [1.29, 1.82) is 0 Å². The Kier molecular flexibility index (Phi) is 3.65. The Labute approximate surface area is 87.7 Å². The van der Waals surface area contributed by atoms with Crippen LogP contribution >= 0.6 is 0 Å². The molecule has 0 amide bonds. The zero-order valence-corrected chi connectivity index (χ0v) is 9.06. The van der Waals surface area contributed by atoms with Gasteiger partial charge in [-0.2, -0.15) is 0 Å². The first-order valence-corrected chi connectivity index (χ1v) is 4.77. The van der Waals surface area contributed by atoms with Crippen LogP contribution in [0, 0.1) is 5.92 Å². The van der Waals surface area contributed by atoms with Gasteiger partial charge in [-0.3, -0.25) is 4.79 Å². The first kappa shape index (κ1) is 11.5. The fourth-order valence-electron chi connectivity index (χ4n) is 0.988. The monoisotopic (exact) mass is 213 g/mol. The number of ether oxygens (including phenoxy) is 1. The number of aromatic nitrogens is 2. The minimum Gasteiger partial charge on any atom is -0.465 e. The van der Waals surface area contributed by atoms with Crippen LogP contribution in [-0.2, 0) is 9.53 Å². The molecule has 1 aromatic heterocycles. The summed E-state index contributed by atoms with van der Waals surface area (Å²) >= 11 is 0. The molecule has 1 rings (SSSR count). The van der Waals surface area contributed by atoms with Gasteiger partial charge in [-0.15, -0.1) is 0 Å². The second kappa shape index (κ2) is 4.77. The highest BCUT2D eigenvalue weighted by Crippen LogP contribution is 2.19. The van der Waals surface area contributed by atoms with Crippen LogP contribution in [0.3, 0.4) is 0 Å². The van der Waals surface area contributed by atoms with Crippen molar-refractivity contribution in [2.75, 3.05) is 12.3 Å². The van der Waals surface area contributed by atoms with E-state index >= 15 is 0 Å². The summed E-state index contributed by atoms with van der Waals surface area (Å²) in [5.74, 6) is -0.487. The van der Waals surface area contributed by atoms with E-state index in [1.54, 1.807) is 6.92 Å². The number of nitrogens with zero attached hydrogens (tertiary/aromatic N) is 2. The molecule has 1 heterocycles. The molecule has 6 heteroatoms. The van der Waals surface area contributed by atoms with Gasteiger partial charge in [0.25, 0.3) is 0 Å². The molecule has 0 spiro atoms. The van der Waals surface area contributed by atoms with Crippen LogP contribution in [0.1, 0.15) is 32.4 Å². The topological polar surface area (TPSA) is 91.2 Å².